The van der Waals surface area contributed by atoms with Crippen molar-refractivity contribution in [1.82, 2.24) is 10.3 Å². The van der Waals surface area contributed by atoms with Crippen LogP contribution in [0.3, 0.4) is 0 Å². The summed E-state index contributed by atoms with van der Waals surface area (Å²) in [6.07, 6.45) is 7.31. The van der Waals surface area contributed by atoms with Crippen LogP contribution < -0.4 is 5.32 Å². The zero-order valence-electron chi connectivity index (χ0n) is 15.7. The Labute approximate surface area is 159 Å². The van der Waals surface area contributed by atoms with E-state index in [2.05, 4.69) is 18.2 Å². The molecule has 1 heterocycles. The number of nitrogens with zero attached hydrogens (tertiary/aromatic N) is 1. The molecule has 0 aliphatic heterocycles. The molecule has 0 saturated heterocycles. The number of aliphatic hydroxyl groups excluding tert-OH is 2. The highest BCUT2D eigenvalue weighted by molar-refractivity contribution is 7.11. The molecule has 6 heteroatoms. The molecule has 1 saturated carbocycles. The molecule has 1 fully saturated rings. The maximum atomic E-state index is 12.5. The van der Waals surface area contributed by atoms with Crippen LogP contribution in [0.4, 0.5) is 0 Å². The topological polar surface area (TPSA) is 82.5 Å². The third kappa shape index (κ3) is 2.96. The van der Waals surface area contributed by atoms with E-state index in [0.29, 0.717) is 12.8 Å². The third-order valence-corrected chi connectivity index (χ3v) is 7.79. The van der Waals surface area contributed by atoms with E-state index in [9.17, 15) is 15.0 Å². The lowest BCUT2D eigenvalue weighted by atomic mass is 9.47. The van der Waals surface area contributed by atoms with Gasteiger partial charge in [-0.2, -0.15) is 0 Å². The van der Waals surface area contributed by atoms with Crippen LogP contribution in [-0.2, 0) is 11.2 Å². The molecule has 1 aromatic heterocycles. The number of hydrogen-bond donors (Lipinski definition) is 3. The van der Waals surface area contributed by atoms with E-state index in [1.165, 1.54) is 4.88 Å². The van der Waals surface area contributed by atoms with E-state index >= 15 is 0 Å². The van der Waals surface area contributed by atoms with E-state index in [1.54, 1.807) is 11.3 Å². The van der Waals surface area contributed by atoms with Crippen LogP contribution in [0.15, 0.2) is 0 Å². The number of aromatic nitrogens is 1. The standard InChI is InChI=1S/C20H28N2O3S/c1-5-8-21-17(25)9-13-18-14(26-12(2)22-18)10-15-19(13,3)7-6-16(24)20(15,4)11-23/h1,13,15-16,23-24H,6-11H2,2-4H3,(H,21,25)/t13-,15+,16-,19+,20+/m1/s1. The number of aliphatic hydroxyl groups is 2. The summed E-state index contributed by atoms with van der Waals surface area (Å²) in [5, 5.41) is 24.6. The van der Waals surface area contributed by atoms with E-state index in [4.69, 9.17) is 11.4 Å². The molecule has 5 atom stereocenters. The normalized spacial score (nSPS) is 35.9. The summed E-state index contributed by atoms with van der Waals surface area (Å²) in [4.78, 5) is 18.4. The summed E-state index contributed by atoms with van der Waals surface area (Å²) in [5.74, 6) is 2.44. The second-order valence-electron chi connectivity index (χ2n) is 8.26. The fourth-order valence-electron chi connectivity index (χ4n) is 5.17. The van der Waals surface area contributed by atoms with Gasteiger partial charge in [0.15, 0.2) is 0 Å². The lowest BCUT2D eigenvalue weighted by molar-refractivity contribution is -0.144. The highest BCUT2D eigenvalue weighted by atomic mass is 32.1. The molecule has 5 nitrogen and oxygen atoms in total. The monoisotopic (exact) mass is 376 g/mol. The van der Waals surface area contributed by atoms with Crippen molar-refractivity contribution in [3.05, 3.63) is 15.6 Å². The van der Waals surface area contributed by atoms with Gasteiger partial charge in [-0.25, -0.2) is 4.98 Å². The van der Waals surface area contributed by atoms with Crippen LogP contribution in [0.5, 0.6) is 0 Å². The lowest BCUT2D eigenvalue weighted by Gasteiger charge is -2.58. The molecular formula is C20H28N2O3S. The van der Waals surface area contributed by atoms with Crippen LogP contribution in [-0.4, -0.2) is 40.4 Å². The molecule has 3 N–H and O–H groups in total. The van der Waals surface area contributed by atoms with Gasteiger partial charge in [-0.05, 0) is 37.5 Å². The van der Waals surface area contributed by atoms with Crippen LogP contribution in [0.2, 0.25) is 0 Å². The van der Waals surface area contributed by atoms with Gasteiger partial charge in [-0.15, -0.1) is 17.8 Å². The zero-order valence-corrected chi connectivity index (χ0v) is 16.5. The van der Waals surface area contributed by atoms with Crippen molar-refractivity contribution in [3.8, 4) is 12.3 Å². The quantitative estimate of drug-likeness (QED) is 0.702. The van der Waals surface area contributed by atoms with Crippen molar-refractivity contribution in [2.45, 2.75) is 58.5 Å². The number of hydrogen-bond acceptors (Lipinski definition) is 5. The van der Waals surface area contributed by atoms with Gasteiger partial charge in [0, 0.05) is 22.6 Å². The summed E-state index contributed by atoms with van der Waals surface area (Å²) in [5.41, 5.74) is 0.257. The second kappa shape index (κ2) is 6.95. The number of rotatable bonds is 4. The SMILES string of the molecule is C#CCNC(=O)C[C@@H]1c2nc(C)sc2C[C@@H]2[C@](C)(CO)[C@H](O)CC[C@]21C. The van der Waals surface area contributed by atoms with Crippen molar-refractivity contribution in [2.75, 3.05) is 13.2 Å². The maximum Gasteiger partial charge on any atom is 0.221 e. The number of nitrogens with one attached hydrogen (secondary N) is 1. The van der Waals surface area contributed by atoms with Crippen LogP contribution in [0.25, 0.3) is 0 Å². The largest absolute Gasteiger partial charge is 0.396 e. The Morgan fingerprint density at radius 1 is 1.50 bits per heavy atom. The molecule has 1 amide bonds. The highest BCUT2D eigenvalue weighted by Gasteiger charge is 2.59. The third-order valence-electron chi connectivity index (χ3n) is 6.78. The molecule has 3 rings (SSSR count). The van der Waals surface area contributed by atoms with E-state index in [-0.39, 0.29) is 36.3 Å². The minimum absolute atomic E-state index is 0.0302. The number of carbonyl (C=O) groups is 1. The van der Waals surface area contributed by atoms with Gasteiger partial charge in [0.1, 0.15) is 0 Å². The summed E-state index contributed by atoms with van der Waals surface area (Å²) in [7, 11) is 0. The molecule has 0 aromatic carbocycles. The average Bonchev–Trinajstić information content (AvgIpc) is 2.98. The van der Waals surface area contributed by atoms with E-state index in [1.807, 2.05) is 13.8 Å². The predicted molar refractivity (Wildman–Crippen MR) is 102 cm³/mol. The molecule has 2 aliphatic rings. The number of thiazole rings is 1. The van der Waals surface area contributed by atoms with Gasteiger partial charge in [-0.3, -0.25) is 4.79 Å². The fourth-order valence-corrected chi connectivity index (χ4v) is 6.22. The molecular weight excluding hydrogens is 348 g/mol. The van der Waals surface area contributed by atoms with Crippen molar-refractivity contribution >= 4 is 17.2 Å². The Kier molecular flexibility index (Phi) is 5.17. The highest BCUT2D eigenvalue weighted by Crippen LogP contribution is 2.62. The summed E-state index contributed by atoms with van der Waals surface area (Å²) in [6.45, 7) is 6.34. The Morgan fingerprint density at radius 2 is 2.23 bits per heavy atom. The zero-order chi connectivity index (χ0) is 19.1. The summed E-state index contributed by atoms with van der Waals surface area (Å²) < 4.78 is 0. The number of terminal acetylenes is 1. The molecule has 26 heavy (non-hydrogen) atoms. The Morgan fingerprint density at radius 3 is 2.88 bits per heavy atom. The minimum Gasteiger partial charge on any atom is -0.396 e. The maximum absolute atomic E-state index is 12.5. The van der Waals surface area contributed by atoms with Crippen LogP contribution >= 0.6 is 11.3 Å². The first-order chi connectivity index (χ1) is 12.3. The molecule has 1 aromatic rings. The minimum atomic E-state index is -0.573. The van der Waals surface area contributed by atoms with Crippen molar-refractivity contribution < 1.29 is 15.0 Å². The molecule has 0 radical (unpaired) electrons. The number of carbonyl (C=O) groups excluding carboxylic acids is 1. The molecule has 2 aliphatic carbocycles. The fraction of sp³-hybridized carbons (Fsp3) is 0.700. The number of aryl methyl sites for hydroxylation is 1. The Hall–Kier alpha value is -1.42. The number of amides is 1. The lowest BCUT2D eigenvalue weighted by Crippen LogP contribution is -2.57. The first kappa shape index (κ1) is 19.3. The van der Waals surface area contributed by atoms with Gasteiger partial charge < -0.3 is 15.5 Å². The molecule has 0 bridgehead atoms. The van der Waals surface area contributed by atoms with Gasteiger partial charge >= 0.3 is 0 Å². The number of fused-ring (bicyclic) bond motifs is 2. The van der Waals surface area contributed by atoms with Crippen molar-refractivity contribution in [1.29, 1.82) is 0 Å². The van der Waals surface area contributed by atoms with E-state index in [0.717, 1.165) is 23.5 Å². The van der Waals surface area contributed by atoms with Crippen LogP contribution in [0, 0.1) is 36.0 Å². The second-order valence-corrected chi connectivity index (χ2v) is 9.55. The van der Waals surface area contributed by atoms with Crippen molar-refractivity contribution in [3.63, 3.8) is 0 Å². The van der Waals surface area contributed by atoms with Gasteiger partial charge in [-0.1, -0.05) is 19.8 Å². The van der Waals surface area contributed by atoms with Gasteiger partial charge in [0.25, 0.3) is 0 Å². The van der Waals surface area contributed by atoms with Crippen molar-refractivity contribution in [2.24, 2.45) is 16.7 Å². The Balaban J connectivity index is 2.03. The first-order valence-electron chi connectivity index (χ1n) is 9.21. The van der Waals surface area contributed by atoms with Gasteiger partial charge in [0.05, 0.1) is 30.0 Å². The smallest absolute Gasteiger partial charge is 0.221 e. The first-order valence-corrected chi connectivity index (χ1v) is 10.0. The summed E-state index contributed by atoms with van der Waals surface area (Å²) >= 11 is 1.67. The molecule has 0 spiro atoms. The van der Waals surface area contributed by atoms with Gasteiger partial charge in [0.2, 0.25) is 5.91 Å². The predicted octanol–water partition coefficient (Wildman–Crippen LogP) is 2.01. The van der Waals surface area contributed by atoms with E-state index < -0.39 is 11.5 Å². The molecule has 142 valence electrons. The Bertz CT molecular complexity index is 740. The average molecular weight is 377 g/mol. The van der Waals surface area contributed by atoms with Crippen LogP contribution in [0.1, 0.15) is 54.6 Å². The summed E-state index contributed by atoms with van der Waals surface area (Å²) in [6, 6.07) is 0. The molecule has 0 unspecified atom stereocenters.